The molecule has 2 fully saturated rings. The second kappa shape index (κ2) is 14.8. The fraction of sp³-hybridized carbons (Fsp3) is 0.167. The Bertz CT molecular complexity index is 2340. The summed E-state index contributed by atoms with van der Waals surface area (Å²) in [7, 11) is 0. The van der Waals surface area contributed by atoms with Gasteiger partial charge < -0.3 is 0 Å². The van der Waals surface area contributed by atoms with Gasteiger partial charge >= 0.3 is 12.4 Å². The molecule has 0 N–H and O–H groups in total. The molecule has 0 saturated carbocycles. The molecule has 2 aliphatic rings. The number of imide groups is 2. The van der Waals surface area contributed by atoms with E-state index >= 15 is 0 Å². The van der Waals surface area contributed by atoms with E-state index in [9.17, 15) is 56.0 Å². The summed E-state index contributed by atoms with van der Waals surface area (Å²) in [5.41, 5.74) is -4.46. The summed E-state index contributed by atoms with van der Waals surface area (Å²) in [6.45, 7) is 0. The quantitative estimate of drug-likeness (QED) is 0.110. The van der Waals surface area contributed by atoms with Gasteiger partial charge in [-0.15, -0.1) is 22.7 Å². The van der Waals surface area contributed by atoms with E-state index in [-0.39, 0.29) is 22.8 Å². The molecular weight excluding hydrogens is 823 g/mol. The van der Waals surface area contributed by atoms with E-state index in [1.807, 2.05) is 0 Å². The molecule has 7 rings (SSSR count). The van der Waals surface area contributed by atoms with Crippen LogP contribution in [0.2, 0.25) is 0 Å². The Morgan fingerprint density at radius 1 is 0.643 bits per heavy atom. The van der Waals surface area contributed by atoms with Crippen LogP contribution in [-0.4, -0.2) is 44.1 Å². The highest BCUT2D eigenvalue weighted by Crippen LogP contribution is 2.44. The van der Waals surface area contributed by atoms with Crippen LogP contribution in [0.25, 0.3) is 21.1 Å². The number of halogens is 6. The maximum atomic E-state index is 14.1. The lowest BCUT2D eigenvalue weighted by Crippen LogP contribution is -2.33. The van der Waals surface area contributed by atoms with Crippen LogP contribution in [0, 0.1) is 22.7 Å². The molecule has 282 valence electrons. The Kier molecular flexibility index (Phi) is 10.3. The highest BCUT2D eigenvalue weighted by atomic mass is 32.2. The summed E-state index contributed by atoms with van der Waals surface area (Å²) in [5.74, 6) is -3.23. The largest absolute Gasteiger partial charge is 0.417 e. The van der Waals surface area contributed by atoms with Gasteiger partial charge in [0, 0.05) is 12.8 Å². The van der Waals surface area contributed by atoms with Crippen LogP contribution >= 0.6 is 46.2 Å². The van der Waals surface area contributed by atoms with Crippen molar-refractivity contribution in [1.82, 2.24) is 9.97 Å². The number of nitriles is 2. The van der Waals surface area contributed by atoms with Crippen molar-refractivity contribution < 1.29 is 45.5 Å². The molecule has 2 aliphatic heterocycles. The van der Waals surface area contributed by atoms with E-state index in [1.54, 1.807) is 22.9 Å². The van der Waals surface area contributed by atoms with Gasteiger partial charge in [0.25, 0.3) is 0 Å². The minimum Gasteiger partial charge on any atom is -0.274 e. The van der Waals surface area contributed by atoms with Crippen molar-refractivity contribution in [1.29, 1.82) is 10.5 Å². The van der Waals surface area contributed by atoms with Crippen molar-refractivity contribution in [3.8, 4) is 33.3 Å². The highest BCUT2D eigenvalue weighted by Gasteiger charge is 2.45. The SMILES string of the molecule is N#Cc1c(C(F)(F)F)cc(-c2cccs2)nc1S[C@H]1CC(=O)N(c2cccc(N3C(=O)C[C@H](Sc4nc(-c5cccs5)cc(C(F)(F)F)c4C#N)C3=O)c2)C1=O. The molecule has 5 aromatic rings. The fourth-order valence-corrected chi connectivity index (χ4v) is 9.58. The second-order valence-electron chi connectivity index (χ2n) is 11.9. The minimum atomic E-state index is -4.94. The molecule has 1 aromatic carbocycles. The van der Waals surface area contributed by atoms with Gasteiger partial charge in [0.2, 0.25) is 23.6 Å². The topological polar surface area (TPSA) is 148 Å². The Morgan fingerprint density at radius 3 is 1.39 bits per heavy atom. The van der Waals surface area contributed by atoms with Gasteiger partial charge in [-0.3, -0.25) is 19.2 Å². The first-order valence-electron chi connectivity index (χ1n) is 15.9. The number of nitrogens with zero attached hydrogens (tertiary/aromatic N) is 6. The first-order valence-corrected chi connectivity index (χ1v) is 19.4. The number of thioether (sulfide) groups is 2. The van der Waals surface area contributed by atoms with Crippen molar-refractivity contribution in [2.24, 2.45) is 0 Å². The zero-order valence-corrected chi connectivity index (χ0v) is 31.0. The number of thiophene rings is 2. The Balaban J connectivity index is 1.15. The fourth-order valence-electron chi connectivity index (χ4n) is 5.95. The van der Waals surface area contributed by atoms with E-state index in [2.05, 4.69) is 9.97 Å². The maximum absolute atomic E-state index is 14.1. The highest BCUT2D eigenvalue weighted by molar-refractivity contribution is 8.01. The predicted molar refractivity (Wildman–Crippen MR) is 194 cm³/mol. The number of alkyl halides is 6. The van der Waals surface area contributed by atoms with Crippen molar-refractivity contribution in [3.05, 3.63) is 93.7 Å². The Labute approximate surface area is 328 Å². The van der Waals surface area contributed by atoms with Crippen molar-refractivity contribution in [2.45, 2.75) is 45.7 Å². The van der Waals surface area contributed by atoms with E-state index in [0.717, 1.165) is 44.6 Å². The summed E-state index contributed by atoms with van der Waals surface area (Å²) in [6.07, 6.45) is -10.8. The molecule has 4 amide bonds. The van der Waals surface area contributed by atoms with Crippen LogP contribution in [0.3, 0.4) is 0 Å². The summed E-state index contributed by atoms with van der Waals surface area (Å²) >= 11 is 3.29. The summed E-state index contributed by atoms with van der Waals surface area (Å²) in [4.78, 5) is 64.7. The predicted octanol–water partition coefficient (Wildman–Crippen LogP) is 8.56. The van der Waals surface area contributed by atoms with E-state index in [1.165, 1.54) is 48.5 Å². The van der Waals surface area contributed by atoms with Gasteiger partial charge in [-0.25, -0.2) is 19.8 Å². The summed E-state index contributed by atoms with van der Waals surface area (Å²) in [5, 5.41) is 19.3. The first kappa shape index (κ1) is 38.7. The second-order valence-corrected chi connectivity index (χ2v) is 16.2. The van der Waals surface area contributed by atoms with E-state index < -0.39 is 91.6 Å². The molecule has 0 bridgehead atoms. The molecule has 20 heteroatoms. The molecule has 0 aliphatic carbocycles. The summed E-state index contributed by atoms with van der Waals surface area (Å²) in [6, 6.07) is 16.0. The number of benzene rings is 1. The molecule has 2 saturated heterocycles. The molecule has 0 unspecified atom stereocenters. The molecule has 0 spiro atoms. The van der Waals surface area contributed by atoms with Crippen molar-refractivity contribution in [2.75, 3.05) is 9.80 Å². The number of carbonyl (C=O) groups excluding carboxylic acids is 4. The molecule has 10 nitrogen and oxygen atoms in total. The number of rotatable bonds is 8. The number of amides is 4. The molecular formula is C36H18F6N6O4S4. The standard InChI is InChI=1S/C36H18F6N6O4S4/c37-35(38,39)21-11-23(25-6-2-8-53-25)45-31(19(21)15-43)55-27-13-29(49)47(33(27)51)17-4-1-5-18(10-17)48-30(50)14-28(34(48)52)56-32-20(16-44)22(36(40,41)42)12-24(46-32)26-7-3-9-54-26/h1-12,27-28H,13-14H2/t27-,28-/m0/s1. The third kappa shape index (κ3) is 7.28. The lowest BCUT2D eigenvalue weighted by molar-refractivity contribution is -0.138. The van der Waals surface area contributed by atoms with Gasteiger partial charge in [0.05, 0.1) is 65.3 Å². The third-order valence-electron chi connectivity index (χ3n) is 8.42. The molecule has 6 heterocycles. The summed E-state index contributed by atoms with van der Waals surface area (Å²) < 4.78 is 84.4. The van der Waals surface area contributed by atoms with Crippen molar-refractivity contribution in [3.63, 3.8) is 0 Å². The third-order valence-corrected chi connectivity index (χ3v) is 12.5. The number of hydrogen-bond acceptors (Lipinski definition) is 12. The van der Waals surface area contributed by atoms with Crippen LogP contribution in [0.5, 0.6) is 0 Å². The van der Waals surface area contributed by atoms with Gasteiger partial charge in [-0.2, -0.15) is 36.9 Å². The van der Waals surface area contributed by atoms with Gasteiger partial charge in [-0.05, 0) is 53.2 Å². The number of carbonyl (C=O) groups is 4. The molecule has 2 atom stereocenters. The van der Waals surface area contributed by atoms with Gasteiger partial charge in [0.15, 0.2) is 0 Å². The van der Waals surface area contributed by atoms with Crippen LogP contribution in [0.4, 0.5) is 37.7 Å². The number of hydrogen-bond donors (Lipinski definition) is 0. The molecule has 4 aromatic heterocycles. The van der Waals surface area contributed by atoms with Crippen LogP contribution in [-0.2, 0) is 31.5 Å². The first-order chi connectivity index (χ1) is 26.6. The number of aromatic nitrogens is 2. The zero-order chi connectivity index (χ0) is 40.1. The molecule has 0 radical (unpaired) electrons. The smallest absolute Gasteiger partial charge is 0.274 e. The number of anilines is 2. The lowest BCUT2D eigenvalue weighted by atomic mass is 10.1. The average molecular weight is 841 g/mol. The van der Waals surface area contributed by atoms with E-state index in [4.69, 9.17) is 0 Å². The monoisotopic (exact) mass is 840 g/mol. The number of pyridine rings is 2. The Morgan fingerprint density at radius 2 is 1.05 bits per heavy atom. The van der Waals surface area contributed by atoms with Crippen molar-refractivity contribution >= 4 is 81.2 Å². The van der Waals surface area contributed by atoms with Gasteiger partial charge in [-0.1, -0.05) is 41.7 Å². The molecule has 56 heavy (non-hydrogen) atoms. The normalized spacial score (nSPS) is 17.5. The average Bonchev–Trinajstić information content (AvgIpc) is 3.96. The van der Waals surface area contributed by atoms with Crippen LogP contribution in [0.1, 0.15) is 35.1 Å². The van der Waals surface area contributed by atoms with Gasteiger partial charge in [0.1, 0.15) is 22.2 Å². The van der Waals surface area contributed by atoms with Crippen LogP contribution < -0.4 is 9.80 Å². The van der Waals surface area contributed by atoms with Crippen LogP contribution in [0.15, 0.2) is 81.5 Å². The Hall–Kier alpha value is -5.54. The zero-order valence-electron chi connectivity index (χ0n) is 27.7. The van der Waals surface area contributed by atoms with E-state index in [0.29, 0.717) is 33.3 Å². The lowest BCUT2D eigenvalue weighted by Gasteiger charge is -2.20. The minimum absolute atomic E-state index is 0.0813. The maximum Gasteiger partial charge on any atom is 0.417 e.